The zero-order chi connectivity index (χ0) is 11.7. The molecule has 0 spiro atoms. The highest BCUT2D eigenvalue weighted by atomic mass is 16.7. The molecule has 2 unspecified atom stereocenters. The maximum atomic E-state index is 11.8. The summed E-state index contributed by atoms with van der Waals surface area (Å²) < 4.78 is 0. The maximum absolute atomic E-state index is 11.8. The Morgan fingerprint density at radius 1 is 1.62 bits per heavy atom. The summed E-state index contributed by atoms with van der Waals surface area (Å²) >= 11 is 0. The summed E-state index contributed by atoms with van der Waals surface area (Å²) in [6, 6.07) is -1.08. The summed E-state index contributed by atoms with van der Waals surface area (Å²) in [6.45, 7) is 4.20. The first-order chi connectivity index (χ1) is 7.65. The molecule has 2 saturated heterocycles. The lowest BCUT2D eigenvalue weighted by Gasteiger charge is -2.26. The third kappa shape index (κ3) is 1.65. The van der Waals surface area contributed by atoms with E-state index in [1.165, 1.54) is 9.96 Å². The van der Waals surface area contributed by atoms with Crippen LogP contribution >= 0.6 is 0 Å². The van der Waals surface area contributed by atoms with Gasteiger partial charge in [0.05, 0.1) is 12.6 Å². The van der Waals surface area contributed by atoms with Crippen molar-refractivity contribution in [3.8, 4) is 0 Å². The molecule has 6 heteroatoms. The molecule has 2 rings (SSSR count). The molecular formula is C10H14N2O4. The number of carboxylic acids is 1. The Morgan fingerprint density at radius 3 is 3.00 bits per heavy atom. The van der Waals surface area contributed by atoms with E-state index in [9.17, 15) is 9.59 Å². The molecule has 6 nitrogen and oxygen atoms in total. The molecular weight excluding hydrogens is 212 g/mol. The van der Waals surface area contributed by atoms with Crippen molar-refractivity contribution in [1.82, 2.24) is 9.96 Å². The second-order valence-electron chi connectivity index (χ2n) is 3.93. The maximum Gasteiger partial charge on any atom is 0.345 e. The number of rotatable bonds is 4. The number of hydrogen-bond acceptors (Lipinski definition) is 3. The van der Waals surface area contributed by atoms with Gasteiger partial charge < -0.3 is 10.0 Å². The average Bonchev–Trinajstić information content (AvgIpc) is 2.50. The number of carboxylic acid groups (broad SMARTS) is 1. The van der Waals surface area contributed by atoms with Crippen LogP contribution < -0.4 is 0 Å². The van der Waals surface area contributed by atoms with Gasteiger partial charge in [-0.15, -0.1) is 6.58 Å². The van der Waals surface area contributed by atoms with Gasteiger partial charge in [0, 0.05) is 6.54 Å². The van der Waals surface area contributed by atoms with Gasteiger partial charge in [-0.2, -0.15) is 5.06 Å². The number of aliphatic carboxylic acids is 1. The Bertz CT molecular complexity index is 331. The summed E-state index contributed by atoms with van der Waals surface area (Å²) in [4.78, 5) is 29.4. The molecule has 0 aromatic rings. The largest absolute Gasteiger partial charge is 0.480 e. The Labute approximate surface area is 93.0 Å². The van der Waals surface area contributed by atoms with Crippen molar-refractivity contribution in [3.63, 3.8) is 0 Å². The molecule has 0 aliphatic carbocycles. The van der Waals surface area contributed by atoms with Crippen LogP contribution in [0.3, 0.4) is 0 Å². The van der Waals surface area contributed by atoms with E-state index >= 15 is 0 Å². The van der Waals surface area contributed by atoms with E-state index in [4.69, 9.17) is 9.94 Å². The molecule has 0 aromatic heterocycles. The molecule has 2 atom stereocenters. The first kappa shape index (κ1) is 10.9. The number of hydroxylamine groups is 2. The molecule has 88 valence electrons. The Hall–Kier alpha value is -1.56. The van der Waals surface area contributed by atoms with Crippen LogP contribution in [0.4, 0.5) is 4.79 Å². The van der Waals surface area contributed by atoms with Gasteiger partial charge in [-0.05, 0) is 12.8 Å². The minimum Gasteiger partial charge on any atom is -0.480 e. The Balaban J connectivity index is 2.09. The Kier molecular flexibility index (Phi) is 2.82. The fourth-order valence-electron chi connectivity index (χ4n) is 2.19. The Morgan fingerprint density at radius 2 is 2.38 bits per heavy atom. The molecule has 0 aromatic carbocycles. The van der Waals surface area contributed by atoms with Crippen molar-refractivity contribution in [1.29, 1.82) is 0 Å². The van der Waals surface area contributed by atoms with Gasteiger partial charge in [0.2, 0.25) is 0 Å². The smallest absolute Gasteiger partial charge is 0.345 e. The predicted molar refractivity (Wildman–Crippen MR) is 54.5 cm³/mol. The molecule has 2 heterocycles. The first-order valence-corrected chi connectivity index (χ1v) is 5.21. The van der Waals surface area contributed by atoms with Crippen LogP contribution in [0.15, 0.2) is 12.7 Å². The molecule has 0 saturated carbocycles. The minimum atomic E-state index is -0.947. The van der Waals surface area contributed by atoms with Crippen molar-refractivity contribution in [2.24, 2.45) is 0 Å². The molecule has 0 radical (unpaired) electrons. The lowest BCUT2D eigenvalue weighted by Crippen LogP contribution is -2.44. The fraction of sp³-hybridized carbons (Fsp3) is 0.600. The number of hydrogen-bond donors (Lipinski definition) is 1. The lowest BCUT2D eigenvalue weighted by atomic mass is 10.0. The van der Waals surface area contributed by atoms with Gasteiger partial charge in [0.1, 0.15) is 6.04 Å². The van der Waals surface area contributed by atoms with Crippen LogP contribution in [0.1, 0.15) is 12.8 Å². The molecule has 1 N–H and O–H groups in total. The van der Waals surface area contributed by atoms with E-state index in [2.05, 4.69) is 6.58 Å². The van der Waals surface area contributed by atoms with Gasteiger partial charge in [0.15, 0.2) is 0 Å². The van der Waals surface area contributed by atoms with Gasteiger partial charge >= 0.3 is 12.0 Å². The molecule has 2 amide bonds. The van der Waals surface area contributed by atoms with E-state index in [1.807, 2.05) is 0 Å². The summed E-state index contributed by atoms with van der Waals surface area (Å²) in [6.07, 6.45) is 2.70. The van der Waals surface area contributed by atoms with E-state index < -0.39 is 12.0 Å². The number of carbonyl (C=O) groups excluding carboxylic acids is 1. The lowest BCUT2D eigenvalue weighted by molar-refractivity contribution is -0.142. The van der Waals surface area contributed by atoms with Crippen LogP contribution in [0.5, 0.6) is 0 Å². The van der Waals surface area contributed by atoms with Crippen molar-refractivity contribution in [2.45, 2.75) is 24.9 Å². The van der Waals surface area contributed by atoms with Crippen LogP contribution in [-0.4, -0.2) is 52.3 Å². The molecule has 16 heavy (non-hydrogen) atoms. The summed E-state index contributed by atoms with van der Waals surface area (Å²) in [5.74, 6) is -0.947. The highest BCUT2D eigenvalue weighted by Gasteiger charge is 2.47. The number of nitrogens with zero attached hydrogens (tertiary/aromatic N) is 2. The second kappa shape index (κ2) is 4.13. The van der Waals surface area contributed by atoms with Crippen molar-refractivity contribution >= 4 is 12.0 Å². The normalized spacial score (nSPS) is 28.4. The van der Waals surface area contributed by atoms with Gasteiger partial charge in [-0.1, -0.05) is 6.08 Å². The van der Waals surface area contributed by atoms with E-state index in [0.717, 1.165) is 0 Å². The van der Waals surface area contributed by atoms with Crippen LogP contribution in [0, 0.1) is 0 Å². The third-order valence-electron chi connectivity index (χ3n) is 2.94. The second-order valence-corrected chi connectivity index (χ2v) is 3.93. The number of amides is 2. The average molecular weight is 226 g/mol. The van der Waals surface area contributed by atoms with Crippen LogP contribution in [-0.2, 0) is 9.63 Å². The van der Waals surface area contributed by atoms with Gasteiger partial charge in [-0.25, -0.2) is 9.59 Å². The summed E-state index contributed by atoms with van der Waals surface area (Å²) in [5, 5.41) is 10.3. The van der Waals surface area contributed by atoms with E-state index in [0.29, 0.717) is 19.4 Å². The minimum absolute atomic E-state index is 0.0250. The monoisotopic (exact) mass is 226 g/mol. The number of carbonyl (C=O) groups is 2. The first-order valence-electron chi connectivity index (χ1n) is 5.21. The topological polar surface area (TPSA) is 70.1 Å². The number of fused-ring (bicyclic) bond motifs is 2. The molecule has 2 aliphatic heterocycles. The van der Waals surface area contributed by atoms with E-state index in [-0.39, 0.29) is 18.7 Å². The molecule has 2 aliphatic rings. The third-order valence-corrected chi connectivity index (χ3v) is 2.94. The number of piperidine rings is 1. The van der Waals surface area contributed by atoms with Crippen LogP contribution in [0.25, 0.3) is 0 Å². The highest BCUT2D eigenvalue weighted by molar-refractivity contribution is 5.84. The van der Waals surface area contributed by atoms with Crippen molar-refractivity contribution in [2.75, 3.05) is 13.2 Å². The zero-order valence-corrected chi connectivity index (χ0v) is 8.83. The SMILES string of the molecule is C=CCON1C(=O)N2CC1CCC2C(=O)O. The molecule has 2 bridgehead atoms. The van der Waals surface area contributed by atoms with Crippen molar-refractivity contribution in [3.05, 3.63) is 12.7 Å². The standard InChI is InChI=1S/C10H14N2O4/c1-2-5-16-12-7-3-4-8(9(13)14)11(6-7)10(12)15/h2,7-8H,1,3-6H2,(H,13,14). The van der Waals surface area contributed by atoms with Gasteiger partial charge in [-0.3, -0.25) is 4.84 Å². The van der Waals surface area contributed by atoms with Crippen LogP contribution in [0.2, 0.25) is 0 Å². The number of urea groups is 1. The highest BCUT2D eigenvalue weighted by Crippen LogP contribution is 2.29. The fourth-order valence-corrected chi connectivity index (χ4v) is 2.19. The predicted octanol–water partition coefficient (Wildman–Crippen LogP) is 0.457. The molecule has 2 fully saturated rings. The summed E-state index contributed by atoms with van der Waals surface area (Å²) in [5.41, 5.74) is 0. The summed E-state index contributed by atoms with van der Waals surface area (Å²) in [7, 11) is 0. The van der Waals surface area contributed by atoms with E-state index in [1.54, 1.807) is 6.08 Å². The van der Waals surface area contributed by atoms with Crippen molar-refractivity contribution < 1.29 is 19.5 Å². The quantitative estimate of drug-likeness (QED) is 0.707. The van der Waals surface area contributed by atoms with Gasteiger partial charge in [0.25, 0.3) is 0 Å². The zero-order valence-electron chi connectivity index (χ0n) is 8.83.